The van der Waals surface area contributed by atoms with Crippen LogP contribution in [0.1, 0.15) is 151 Å². The van der Waals surface area contributed by atoms with E-state index in [-0.39, 0.29) is 6.10 Å². The van der Waals surface area contributed by atoms with Gasteiger partial charge >= 0.3 is 0 Å². The summed E-state index contributed by atoms with van der Waals surface area (Å²) in [4.78, 5) is 0. The molecule has 5 unspecified atom stereocenters. The molecule has 1 heteroatoms. The Hall–Kier alpha value is -0.0400. The van der Waals surface area contributed by atoms with Gasteiger partial charge in [0.15, 0.2) is 0 Å². The molecule has 0 aromatic carbocycles. The van der Waals surface area contributed by atoms with E-state index in [1.807, 2.05) is 6.92 Å². The summed E-state index contributed by atoms with van der Waals surface area (Å²) in [5, 5.41) is 9.36. The summed E-state index contributed by atoms with van der Waals surface area (Å²) in [7, 11) is 0. The van der Waals surface area contributed by atoms with Gasteiger partial charge in [0.1, 0.15) is 0 Å². The summed E-state index contributed by atoms with van der Waals surface area (Å²) < 4.78 is 0. The van der Waals surface area contributed by atoms with E-state index in [2.05, 4.69) is 41.5 Å². The zero-order chi connectivity index (χ0) is 22.8. The molecule has 0 bridgehead atoms. The van der Waals surface area contributed by atoms with Crippen molar-refractivity contribution in [1.29, 1.82) is 0 Å². The molecule has 0 aromatic heterocycles. The molecule has 1 nitrogen and oxygen atoms in total. The highest BCUT2D eigenvalue weighted by Gasteiger charge is 2.09. The Morgan fingerprint density at radius 1 is 0.367 bits per heavy atom. The Kier molecular flexibility index (Phi) is 19.6. The fourth-order valence-corrected chi connectivity index (χ4v) is 4.83. The SMILES string of the molecule is CC(C)CCCC(C)CCCC(C)CCCCC(C)CCCC(C)CCCC(C)O. The van der Waals surface area contributed by atoms with Crippen molar-refractivity contribution in [3.8, 4) is 0 Å². The summed E-state index contributed by atoms with van der Waals surface area (Å²) in [6, 6.07) is 0. The van der Waals surface area contributed by atoms with Crippen LogP contribution < -0.4 is 0 Å². The minimum atomic E-state index is -0.122. The van der Waals surface area contributed by atoms with Gasteiger partial charge in [0.2, 0.25) is 0 Å². The maximum atomic E-state index is 9.36. The van der Waals surface area contributed by atoms with Gasteiger partial charge in [0.25, 0.3) is 0 Å². The van der Waals surface area contributed by atoms with Gasteiger partial charge in [0.05, 0.1) is 6.10 Å². The van der Waals surface area contributed by atoms with Gasteiger partial charge in [-0.05, 0) is 42.9 Å². The van der Waals surface area contributed by atoms with Crippen molar-refractivity contribution in [2.45, 2.75) is 157 Å². The molecule has 0 aliphatic heterocycles. The van der Waals surface area contributed by atoms with Crippen molar-refractivity contribution in [2.24, 2.45) is 29.6 Å². The molecule has 0 spiro atoms. The molecule has 5 atom stereocenters. The van der Waals surface area contributed by atoms with Crippen LogP contribution in [0.5, 0.6) is 0 Å². The number of hydrogen-bond acceptors (Lipinski definition) is 1. The smallest absolute Gasteiger partial charge is 0.0512 e. The van der Waals surface area contributed by atoms with Crippen LogP contribution in [-0.2, 0) is 0 Å². The van der Waals surface area contributed by atoms with Crippen LogP contribution in [0.3, 0.4) is 0 Å². The Balaban J connectivity index is 3.54. The molecular weight excluding hydrogens is 364 g/mol. The lowest BCUT2D eigenvalue weighted by Gasteiger charge is -2.16. The fourth-order valence-electron chi connectivity index (χ4n) is 4.83. The van der Waals surface area contributed by atoms with Crippen LogP contribution >= 0.6 is 0 Å². The third-order valence-corrected chi connectivity index (χ3v) is 7.23. The zero-order valence-corrected chi connectivity index (χ0v) is 22.2. The minimum absolute atomic E-state index is 0.122. The first kappa shape index (κ1) is 30.0. The number of unbranched alkanes of at least 4 members (excludes halogenated alkanes) is 1. The molecule has 0 rings (SSSR count). The second kappa shape index (κ2) is 19.6. The Morgan fingerprint density at radius 2 is 0.633 bits per heavy atom. The van der Waals surface area contributed by atoms with Gasteiger partial charge < -0.3 is 5.11 Å². The molecule has 30 heavy (non-hydrogen) atoms. The molecule has 0 fully saturated rings. The van der Waals surface area contributed by atoms with Gasteiger partial charge in [0, 0.05) is 0 Å². The zero-order valence-electron chi connectivity index (χ0n) is 22.2. The summed E-state index contributed by atoms with van der Waals surface area (Å²) in [6.45, 7) is 16.4. The topological polar surface area (TPSA) is 20.2 Å². The first-order chi connectivity index (χ1) is 14.2. The van der Waals surface area contributed by atoms with E-state index < -0.39 is 0 Å². The molecule has 182 valence electrons. The lowest BCUT2D eigenvalue weighted by molar-refractivity contribution is 0.178. The van der Waals surface area contributed by atoms with Gasteiger partial charge in [-0.15, -0.1) is 0 Å². The van der Waals surface area contributed by atoms with Crippen molar-refractivity contribution in [3.63, 3.8) is 0 Å². The highest BCUT2D eigenvalue weighted by Crippen LogP contribution is 2.24. The van der Waals surface area contributed by atoms with Crippen molar-refractivity contribution >= 4 is 0 Å². The maximum absolute atomic E-state index is 9.36. The lowest BCUT2D eigenvalue weighted by atomic mass is 9.90. The van der Waals surface area contributed by atoms with Crippen LogP contribution in [0.4, 0.5) is 0 Å². The van der Waals surface area contributed by atoms with E-state index in [0.29, 0.717) is 0 Å². The summed E-state index contributed by atoms with van der Waals surface area (Å²) >= 11 is 0. The Labute approximate surface area is 192 Å². The summed E-state index contributed by atoms with van der Waals surface area (Å²) in [5.41, 5.74) is 0. The monoisotopic (exact) mass is 424 g/mol. The van der Waals surface area contributed by atoms with Gasteiger partial charge in [-0.2, -0.15) is 0 Å². The highest BCUT2D eigenvalue weighted by molar-refractivity contribution is 4.62. The first-order valence-electron chi connectivity index (χ1n) is 13.9. The third-order valence-electron chi connectivity index (χ3n) is 7.23. The van der Waals surface area contributed by atoms with Crippen LogP contribution in [0, 0.1) is 29.6 Å². The molecular formula is C29H60O. The number of aliphatic hydroxyl groups excluding tert-OH is 1. The number of hydrogen-bond donors (Lipinski definition) is 1. The maximum Gasteiger partial charge on any atom is 0.0512 e. The van der Waals surface area contributed by atoms with Crippen molar-refractivity contribution < 1.29 is 5.11 Å². The molecule has 0 amide bonds. The number of aliphatic hydroxyl groups is 1. The van der Waals surface area contributed by atoms with E-state index in [0.717, 1.165) is 36.0 Å². The van der Waals surface area contributed by atoms with Crippen molar-refractivity contribution in [3.05, 3.63) is 0 Å². The highest BCUT2D eigenvalue weighted by atomic mass is 16.3. The van der Waals surface area contributed by atoms with E-state index >= 15 is 0 Å². The van der Waals surface area contributed by atoms with Gasteiger partial charge in [-0.1, -0.05) is 138 Å². The Bertz CT molecular complexity index is 314. The Morgan fingerprint density at radius 3 is 0.933 bits per heavy atom. The van der Waals surface area contributed by atoms with E-state index in [4.69, 9.17) is 0 Å². The van der Waals surface area contributed by atoms with Crippen molar-refractivity contribution in [2.75, 3.05) is 0 Å². The second-order valence-electron chi connectivity index (χ2n) is 11.7. The quantitative estimate of drug-likeness (QED) is 0.182. The molecule has 0 saturated carbocycles. The molecule has 0 aromatic rings. The lowest BCUT2D eigenvalue weighted by Crippen LogP contribution is -2.03. The summed E-state index contributed by atoms with van der Waals surface area (Å²) in [5.74, 6) is 4.45. The molecule has 0 aliphatic rings. The molecule has 0 aliphatic carbocycles. The van der Waals surface area contributed by atoms with Crippen molar-refractivity contribution in [1.82, 2.24) is 0 Å². The average Bonchev–Trinajstić information content (AvgIpc) is 2.64. The molecule has 0 saturated heterocycles. The van der Waals surface area contributed by atoms with Crippen LogP contribution in [0.15, 0.2) is 0 Å². The normalized spacial score (nSPS) is 17.1. The fraction of sp³-hybridized carbons (Fsp3) is 1.00. The molecule has 0 heterocycles. The molecule has 1 N–H and O–H groups in total. The summed E-state index contributed by atoms with van der Waals surface area (Å²) in [6.07, 6.45) is 21.8. The number of rotatable bonds is 21. The van der Waals surface area contributed by atoms with Crippen LogP contribution in [0.25, 0.3) is 0 Å². The first-order valence-corrected chi connectivity index (χ1v) is 13.9. The van der Waals surface area contributed by atoms with Gasteiger partial charge in [-0.3, -0.25) is 0 Å². The predicted molar refractivity (Wildman–Crippen MR) is 137 cm³/mol. The minimum Gasteiger partial charge on any atom is -0.393 e. The average molecular weight is 425 g/mol. The van der Waals surface area contributed by atoms with Gasteiger partial charge in [-0.25, -0.2) is 0 Å². The third kappa shape index (κ3) is 21.2. The van der Waals surface area contributed by atoms with E-state index in [1.54, 1.807) is 0 Å². The molecule has 0 radical (unpaired) electrons. The van der Waals surface area contributed by atoms with E-state index in [1.165, 1.54) is 96.3 Å². The van der Waals surface area contributed by atoms with Crippen LogP contribution in [0.2, 0.25) is 0 Å². The predicted octanol–water partition coefficient (Wildman–Crippen LogP) is 9.81. The largest absolute Gasteiger partial charge is 0.393 e. The van der Waals surface area contributed by atoms with Crippen LogP contribution in [-0.4, -0.2) is 11.2 Å². The van der Waals surface area contributed by atoms with E-state index in [9.17, 15) is 5.11 Å². The second-order valence-corrected chi connectivity index (χ2v) is 11.7. The standard InChI is InChI=1S/C29H60O/c1-24(2)14-10-17-27(5)20-11-18-25(3)15-8-9-16-26(4)19-12-21-28(6)22-13-23-29(7)30/h24-30H,8-23H2,1-7H3.